The maximum Gasteiger partial charge on any atom is 0.264 e. The highest BCUT2D eigenvalue weighted by Gasteiger charge is 2.33. The fourth-order valence-electron chi connectivity index (χ4n) is 4.82. The molecule has 40 heavy (non-hydrogen) atoms. The highest BCUT2D eigenvalue weighted by molar-refractivity contribution is 9.10. The Labute approximate surface area is 243 Å². The molecule has 0 aliphatic heterocycles. The summed E-state index contributed by atoms with van der Waals surface area (Å²) >= 11 is 3.39. The molecule has 1 saturated carbocycles. The predicted octanol–water partition coefficient (Wildman–Crippen LogP) is 5.65. The van der Waals surface area contributed by atoms with Crippen LogP contribution in [0.3, 0.4) is 0 Å². The van der Waals surface area contributed by atoms with Gasteiger partial charge in [0.1, 0.15) is 18.4 Å². The van der Waals surface area contributed by atoms with Gasteiger partial charge < -0.3 is 10.2 Å². The smallest absolute Gasteiger partial charge is 0.264 e. The quantitative estimate of drug-likeness (QED) is 0.314. The second kappa shape index (κ2) is 13.4. The van der Waals surface area contributed by atoms with Gasteiger partial charge in [-0.3, -0.25) is 13.9 Å². The molecule has 3 aromatic rings. The first-order chi connectivity index (χ1) is 19.1. The summed E-state index contributed by atoms with van der Waals surface area (Å²) in [5.41, 5.74) is 0.916. The highest BCUT2D eigenvalue weighted by atomic mass is 79.9. The topological polar surface area (TPSA) is 86.8 Å². The number of carbonyl (C=O) groups is 2. The number of hydrogen-bond acceptors (Lipinski definition) is 4. The Kier molecular flexibility index (Phi) is 9.97. The molecule has 0 aromatic heterocycles. The molecule has 10 heteroatoms. The van der Waals surface area contributed by atoms with Crippen LogP contribution >= 0.6 is 15.9 Å². The number of amides is 2. The highest BCUT2D eigenvalue weighted by Crippen LogP contribution is 2.27. The molecule has 3 aromatic carbocycles. The van der Waals surface area contributed by atoms with Gasteiger partial charge >= 0.3 is 0 Å². The van der Waals surface area contributed by atoms with Crippen molar-refractivity contribution in [1.82, 2.24) is 10.2 Å². The van der Waals surface area contributed by atoms with Gasteiger partial charge in [0.05, 0.1) is 10.6 Å². The van der Waals surface area contributed by atoms with Gasteiger partial charge in [-0.2, -0.15) is 0 Å². The van der Waals surface area contributed by atoms with Crippen molar-refractivity contribution in [2.24, 2.45) is 0 Å². The van der Waals surface area contributed by atoms with Crippen molar-refractivity contribution in [3.05, 3.63) is 94.7 Å². The largest absolute Gasteiger partial charge is 0.352 e. The van der Waals surface area contributed by atoms with E-state index in [0.29, 0.717) is 15.7 Å². The first kappa shape index (κ1) is 29.7. The van der Waals surface area contributed by atoms with E-state index in [-0.39, 0.29) is 23.4 Å². The summed E-state index contributed by atoms with van der Waals surface area (Å²) in [6.07, 6.45) is 4.98. The van der Waals surface area contributed by atoms with Crippen molar-refractivity contribution in [3.8, 4) is 0 Å². The Morgan fingerprint density at radius 1 is 0.975 bits per heavy atom. The van der Waals surface area contributed by atoms with Crippen LogP contribution in [0.25, 0.3) is 0 Å². The van der Waals surface area contributed by atoms with E-state index in [2.05, 4.69) is 21.2 Å². The van der Waals surface area contributed by atoms with Gasteiger partial charge in [-0.1, -0.05) is 71.6 Å². The first-order valence-corrected chi connectivity index (χ1v) is 15.6. The third-order valence-corrected chi connectivity index (χ3v) is 9.37. The van der Waals surface area contributed by atoms with Crippen molar-refractivity contribution in [2.75, 3.05) is 10.8 Å². The molecule has 1 aliphatic carbocycles. The van der Waals surface area contributed by atoms with Crippen LogP contribution in [0.15, 0.2) is 88.2 Å². The molecule has 1 N–H and O–H groups in total. The number of nitrogens with zero attached hydrogens (tertiary/aromatic N) is 2. The summed E-state index contributed by atoms with van der Waals surface area (Å²) in [5.74, 6) is -1.28. The molecule has 2 amide bonds. The molecule has 1 fully saturated rings. The molecular weight excluding hydrogens is 597 g/mol. The predicted molar refractivity (Wildman–Crippen MR) is 157 cm³/mol. The summed E-state index contributed by atoms with van der Waals surface area (Å²) in [6, 6.07) is 19.4. The molecule has 0 heterocycles. The van der Waals surface area contributed by atoms with Gasteiger partial charge in [-0.15, -0.1) is 0 Å². The van der Waals surface area contributed by atoms with Crippen LogP contribution in [0.5, 0.6) is 0 Å². The fourth-order valence-corrected chi connectivity index (χ4v) is 6.63. The molecular formula is C30H33BrFN3O4S. The molecule has 1 aliphatic rings. The average molecular weight is 631 g/mol. The number of benzene rings is 3. The van der Waals surface area contributed by atoms with E-state index in [1.807, 2.05) is 0 Å². The second-order valence-corrected chi connectivity index (χ2v) is 12.8. The Hall–Kier alpha value is -3.24. The van der Waals surface area contributed by atoms with Gasteiger partial charge in [0.15, 0.2) is 0 Å². The molecule has 1 atom stereocenters. The Morgan fingerprint density at radius 2 is 1.65 bits per heavy atom. The lowest BCUT2D eigenvalue weighted by Gasteiger charge is -2.33. The minimum atomic E-state index is -4.13. The van der Waals surface area contributed by atoms with Crippen LogP contribution in [-0.2, 0) is 26.2 Å². The lowest BCUT2D eigenvalue weighted by atomic mass is 9.95. The molecule has 0 spiro atoms. The van der Waals surface area contributed by atoms with Gasteiger partial charge in [-0.05, 0) is 67.8 Å². The van der Waals surface area contributed by atoms with Crippen molar-refractivity contribution in [2.45, 2.75) is 62.6 Å². The van der Waals surface area contributed by atoms with Crippen LogP contribution < -0.4 is 9.62 Å². The maximum atomic E-state index is 14.0. The van der Waals surface area contributed by atoms with E-state index in [1.54, 1.807) is 61.5 Å². The van der Waals surface area contributed by atoms with Gasteiger partial charge in [-0.25, -0.2) is 12.8 Å². The van der Waals surface area contributed by atoms with Crippen molar-refractivity contribution < 1.29 is 22.4 Å². The first-order valence-electron chi connectivity index (χ1n) is 13.3. The van der Waals surface area contributed by atoms with Crippen LogP contribution in [0, 0.1) is 5.82 Å². The summed E-state index contributed by atoms with van der Waals surface area (Å²) in [7, 11) is -4.13. The van der Waals surface area contributed by atoms with Gasteiger partial charge in [0, 0.05) is 17.1 Å². The minimum absolute atomic E-state index is 0.01000. The molecule has 0 saturated heterocycles. The van der Waals surface area contributed by atoms with Crippen LogP contribution in [0.2, 0.25) is 0 Å². The molecule has 0 bridgehead atoms. The number of carbonyl (C=O) groups excluding carboxylic acids is 2. The molecule has 7 nitrogen and oxygen atoms in total. The number of halogens is 2. The number of rotatable bonds is 10. The second-order valence-electron chi connectivity index (χ2n) is 9.97. The zero-order valence-corrected chi connectivity index (χ0v) is 24.7. The minimum Gasteiger partial charge on any atom is -0.352 e. The van der Waals surface area contributed by atoms with Gasteiger partial charge in [0.2, 0.25) is 11.8 Å². The van der Waals surface area contributed by atoms with E-state index < -0.39 is 34.3 Å². The fraction of sp³-hybridized carbons (Fsp3) is 0.333. The lowest BCUT2D eigenvalue weighted by Crippen LogP contribution is -2.53. The SMILES string of the molecule is C[C@H](C(=O)NC1CCCCC1)N(Cc1ccc(F)cc1)C(=O)CN(c1cccc(Br)c1)S(=O)(=O)c1ccccc1. The van der Waals surface area contributed by atoms with E-state index >= 15 is 0 Å². The Morgan fingerprint density at radius 3 is 2.30 bits per heavy atom. The normalized spacial score (nSPS) is 14.8. The summed E-state index contributed by atoms with van der Waals surface area (Å²) < 4.78 is 42.9. The maximum absolute atomic E-state index is 14.0. The van der Waals surface area contributed by atoms with Crippen molar-refractivity contribution >= 4 is 43.5 Å². The zero-order chi connectivity index (χ0) is 28.7. The average Bonchev–Trinajstić information content (AvgIpc) is 2.96. The molecule has 212 valence electrons. The van der Waals surface area contributed by atoms with Crippen LogP contribution in [0.1, 0.15) is 44.6 Å². The number of sulfonamides is 1. The standard InChI is InChI=1S/C30H33BrFN3O4S/c1-22(30(37)33-26-10-4-2-5-11-26)34(20-23-15-17-25(32)18-16-23)29(36)21-35(27-12-8-9-24(31)19-27)40(38,39)28-13-6-3-7-14-28/h3,6-9,12-19,22,26H,2,4-5,10-11,20-21H2,1H3,(H,33,37)/t22-/m1/s1. The Balaban J connectivity index is 1.66. The van der Waals surface area contributed by atoms with E-state index in [0.717, 1.165) is 36.4 Å². The number of anilines is 1. The van der Waals surface area contributed by atoms with Crippen molar-refractivity contribution in [1.29, 1.82) is 0 Å². The summed E-state index contributed by atoms with van der Waals surface area (Å²) in [6.45, 7) is 1.11. The zero-order valence-electron chi connectivity index (χ0n) is 22.3. The lowest BCUT2D eigenvalue weighted by molar-refractivity contribution is -0.139. The number of hydrogen-bond donors (Lipinski definition) is 1. The summed E-state index contributed by atoms with van der Waals surface area (Å²) in [4.78, 5) is 28.7. The third-order valence-electron chi connectivity index (χ3n) is 7.09. The Bertz CT molecular complexity index is 1410. The molecule has 4 rings (SSSR count). The molecule has 0 unspecified atom stereocenters. The van der Waals surface area contributed by atoms with Crippen LogP contribution in [-0.4, -0.2) is 43.8 Å². The monoisotopic (exact) mass is 629 g/mol. The van der Waals surface area contributed by atoms with E-state index in [4.69, 9.17) is 0 Å². The third kappa shape index (κ3) is 7.48. The van der Waals surface area contributed by atoms with E-state index in [1.165, 1.54) is 29.2 Å². The van der Waals surface area contributed by atoms with E-state index in [9.17, 15) is 22.4 Å². The molecule has 0 radical (unpaired) electrons. The summed E-state index contributed by atoms with van der Waals surface area (Å²) in [5, 5.41) is 3.07. The van der Waals surface area contributed by atoms with Crippen molar-refractivity contribution in [3.63, 3.8) is 0 Å². The van der Waals surface area contributed by atoms with Gasteiger partial charge in [0.25, 0.3) is 10.0 Å². The van der Waals surface area contributed by atoms with Crippen LogP contribution in [0.4, 0.5) is 10.1 Å². The number of nitrogens with one attached hydrogen (secondary N) is 1.